The smallest absolute Gasteiger partial charge is 0.268 e. The van der Waals surface area contributed by atoms with E-state index in [1.54, 1.807) is 16.0 Å². The SMILES string of the molecule is Cc1nc(C2CCCNC2)sc1C(=O)Nc1c2c(nn1C)CCC2. The predicted octanol–water partition coefficient (Wildman–Crippen LogP) is 2.39. The third-order valence-corrected chi connectivity index (χ3v) is 6.28. The van der Waals surface area contributed by atoms with Crippen LogP contribution in [0.3, 0.4) is 0 Å². The van der Waals surface area contributed by atoms with E-state index in [2.05, 4.69) is 20.7 Å². The lowest BCUT2D eigenvalue weighted by atomic mass is 10.0. The topological polar surface area (TPSA) is 71.8 Å². The van der Waals surface area contributed by atoms with Gasteiger partial charge in [0.25, 0.3) is 5.91 Å². The Balaban J connectivity index is 1.55. The number of thiazole rings is 1. The van der Waals surface area contributed by atoms with Crippen molar-refractivity contribution in [3.05, 3.63) is 26.8 Å². The molecule has 4 rings (SSSR count). The molecule has 128 valence electrons. The average molecular weight is 345 g/mol. The Bertz CT molecular complexity index is 772. The molecule has 1 aliphatic carbocycles. The minimum atomic E-state index is -0.0577. The number of hydrogen-bond acceptors (Lipinski definition) is 5. The fourth-order valence-electron chi connectivity index (χ4n) is 3.71. The van der Waals surface area contributed by atoms with Gasteiger partial charge in [-0.2, -0.15) is 5.10 Å². The normalized spacial score (nSPS) is 20.2. The van der Waals surface area contributed by atoms with E-state index in [4.69, 9.17) is 0 Å². The van der Waals surface area contributed by atoms with Crippen LogP contribution in [0, 0.1) is 6.92 Å². The van der Waals surface area contributed by atoms with Crippen molar-refractivity contribution in [2.24, 2.45) is 7.05 Å². The van der Waals surface area contributed by atoms with E-state index in [-0.39, 0.29) is 5.91 Å². The summed E-state index contributed by atoms with van der Waals surface area (Å²) < 4.78 is 1.80. The zero-order chi connectivity index (χ0) is 16.7. The number of aromatic nitrogens is 3. The number of amides is 1. The van der Waals surface area contributed by atoms with Gasteiger partial charge < -0.3 is 10.6 Å². The number of aryl methyl sites for hydroxylation is 3. The summed E-state index contributed by atoms with van der Waals surface area (Å²) in [5, 5.41) is 12.1. The van der Waals surface area contributed by atoms with Crippen molar-refractivity contribution in [2.75, 3.05) is 18.4 Å². The molecule has 1 amide bonds. The van der Waals surface area contributed by atoms with Gasteiger partial charge in [0.1, 0.15) is 10.7 Å². The molecule has 0 spiro atoms. The number of carbonyl (C=O) groups is 1. The van der Waals surface area contributed by atoms with Gasteiger partial charge in [-0.25, -0.2) is 4.98 Å². The van der Waals surface area contributed by atoms with Crippen LogP contribution in [-0.2, 0) is 19.9 Å². The highest BCUT2D eigenvalue weighted by atomic mass is 32.1. The molecule has 1 atom stereocenters. The first-order chi connectivity index (χ1) is 11.6. The van der Waals surface area contributed by atoms with Gasteiger partial charge in [-0.15, -0.1) is 11.3 Å². The number of nitrogens with one attached hydrogen (secondary N) is 2. The van der Waals surface area contributed by atoms with Crippen molar-refractivity contribution in [3.63, 3.8) is 0 Å². The number of hydrogen-bond donors (Lipinski definition) is 2. The van der Waals surface area contributed by atoms with Gasteiger partial charge in [0.05, 0.1) is 16.4 Å². The molecule has 1 unspecified atom stereocenters. The Hall–Kier alpha value is -1.73. The molecule has 0 aromatic carbocycles. The Labute approximate surface area is 145 Å². The lowest BCUT2D eigenvalue weighted by Gasteiger charge is -2.20. The highest BCUT2D eigenvalue weighted by molar-refractivity contribution is 7.14. The minimum absolute atomic E-state index is 0.0577. The van der Waals surface area contributed by atoms with Crippen LogP contribution in [0.4, 0.5) is 5.82 Å². The zero-order valence-electron chi connectivity index (χ0n) is 14.2. The molecule has 2 aromatic heterocycles. The van der Waals surface area contributed by atoms with E-state index in [9.17, 15) is 4.79 Å². The van der Waals surface area contributed by atoms with E-state index < -0.39 is 0 Å². The Kier molecular flexibility index (Phi) is 4.14. The second-order valence-electron chi connectivity index (χ2n) is 6.72. The quantitative estimate of drug-likeness (QED) is 0.896. The van der Waals surface area contributed by atoms with E-state index in [1.165, 1.54) is 12.0 Å². The molecule has 0 bridgehead atoms. The van der Waals surface area contributed by atoms with Gasteiger partial charge in [0.2, 0.25) is 0 Å². The monoisotopic (exact) mass is 345 g/mol. The summed E-state index contributed by atoms with van der Waals surface area (Å²) in [7, 11) is 1.90. The van der Waals surface area contributed by atoms with Gasteiger partial charge in [-0.05, 0) is 45.6 Å². The van der Waals surface area contributed by atoms with Gasteiger partial charge in [0.15, 0.2) is 0 Å². The molecule has 1 saturated heterocycles. The number of anilines is 1. The second-order valence-corrected chi connectivity index (χ2v) is 7.75. The molecule has 3 heterocycles. The van der Waals surface area contributed by atoms with Crippen LogP contribution in [0.2, 0.25) is 0 Å². The maximum absolute atomic E-state index is 12.8. The summed E-state index contributed by atoms with van der Waals surface area (Å²) in [5.74, 6) is 1.23. The molecule has 7 heteroatoms. The van der Waals surface area contributed by atoms with Crippen LogP contribution in [0.5, 0.6) is 0 Å². The first kappa shape index (κ1) is 15.8. The van der Waals surface area contributed by atoms with Crippen molar-refractivity contribution in [2.45, 2.75) is 44.9 Å². The maximum atomic E-state index is 12.8. The van der Waals surface area contributed by atoms with Crippen molar-refractivity contribution >= 4 is 23.1 Å². The van der Waals surface area contributed by atoms with E-state index in [0.29, 0.717) is 5.92 Å². The summed E-state index contributed by atoms with van der Waals surface area (Å²) in [6.07, 6.45) is 5.46. The Morgan fingerprint density at radius 1 is 1.38 bits per heavy atom. The predicted molar refractivity (Wildman–Crippen MR) is 94.9 cm³/mol. The van der Waals surface area contributed by atoms with Crippen molar-refractivity contribution in [1.29, 1.82) is 0 Å². The molecular weight excluding hydrogens is 322 g/mol. The average Bonchev–Trinajstić information content (AvgIpc) is 3.25. The van der Waals surface area contributed by atoms with Gasteiger partial charge >= 0.3 is 0 Å². The summed E-state index contributed by atoms with van der Waals surface area (Å²) in [6, 6.07) is 0. The van der Waals surface area contributed by atoms with Crippen LogP contribution < -0.4 is 10.6 Å². The molecule has 6 nitrogen and oxygen atoms in total. The third-order valence-electron chi connectivity index (χ3n) is 4.97. The summed E-state index contributed by atoms with van der Waals surface area (Å²) in [4.78, 5) is 18.2. The summed E-state index contributed by atoms with van der Waals surface area (Å²) >= 11 is 1.54. The van der Waals surface area contributed by atoms with E-state index in [1.807, 2.05) is 14.0 Å². The number of nitrogens with zero attached hydrogens (tertiary/aromatic N) is 3. The first-order valence-electron chi connectivity index (χ1n) is 8.67. The van der Waals surface area contributed by atoms with Crippen LogP contribution >= 0.6 is 11.3 Å². The largest absolute Gasteiger partial charge is 0.316 e. The molecule has 1 fully saturated rings. The zero-order valence-corrected chi connectivity index (χ0v) is 15.0. The van der Waals surface area contributed by atoms with Gasteiger partial charge in [-0.3, -0.25) is 9.48 Å². The molecular formula is C17H23N5OS. The Morgan fingerprint density at radius 3 is 3.04 bits per heavy atom. The molecule has 2 aromatic rings. The molecule has 0 radical (unpaired) electrons. The lowest BCUT2D eigenvalue weighted by molar-refractivity contribution is 0.102. The molecule has 24 heavy (non-hydrogen) atoms. The van der Waals surface area contributed by atoms with Crippen molar-refractivity contribution in [3.8, 4) is 0 Å². The van der Waals surface area contributed by atoms with E-state index >= 15 is 0 Å². The van der Waals surface area contributed by atoms with Crippen molar-refractivity contribution < 1.29 is 4.79 Å². The highest BCUT2D eigenvalue weighted by Gasteiger charge is 2.26. The fourth-order valence-corrected chi connectivity index (χ4v) is 4.80. The van der Waals surface area contributed by atoms with Crippen LogP contribution in [0.1, 0.15) is 56.8 Å². The van der Waals surface area contributed by atoms with Gasteiger partial charge in [-0.1, -0.05) is 0 Å². The van der Waals surface area contributed by atoms with Crippen LogP contribution in [0.15, 0.2) is 0 Å². The number of fused-ring (bicyclic) bond motifs is 1. The van der Waals surface area contributed by atoms with E-state index in [0.717, 1.165) is 65.9 Å². The van der Waals surface area contributed by atoms with Crippen molar-refractivity contribution in [1.82, 2.24) is 20.1 Å². The summed E-state index contributed by atoms with van der Waals surface area (Å²) in [6.45, 7) is 3.97. The van der Waals surface area contributed by atoms with Gasteiger partial charge in [0, 0.05) is 25.1 Å². The first-order valence-corrected chi connectivity index (χ1v) is 9.49. The highest BCUT2D eigenvalue weighted by Crippen LogP contribution is 2.31. The summed E-state index contributed by atoms with van der Waals surface area (Å²) in [5.41, 5.74) is 3.16. The second kappa shape index (κ2) is 6.29. The van der Waals surface area contributed by atoms with Crippen LogP contribution in [-0.4, -0.2) is 33.8 Å². The minimum Gasteiger partial charge on any atom is -0.316 e. The molecule has 1 aliphatic heterocycles. The standard InChI is InChI=1S/C17H23N5OS/c1-10-14(24-17(19-10)11-5-4-8-18-9-11)16(23)20-15-12-6-3-7-13(12)21-22(15)2/h11,18H,3-9H2,1-2H3,(H,20,23). The van der Waals surface area contributed by atoms with Crippen LogP contribution in [0.25, 0.3) is 0 Å². The Morgan fingerprint density at radius 2 is 2.25 bits per heavy atom. The molecule has 0 saturated carbocycles. The number of piperidine rings is 1. The third kappa shape index (κ3) is 2.75. The molecule has 2 aliphatic rings. The fraction of sp³-hybridized carbons (Fsp3) is 0.588. The maximum Gasteiger partial charge on any atom is 0.268 e. The molecule has 2 N–H and O–H groups in total. The lowest BCUT2D eigenvalue weighted by Crippen LogP contribution is -2.28. The number of carbonyl (C=O) groups excluding carboxylic acids is 1. The number of rotatable bonds is 3.